The summed E-state index contributed by atoms with van der Waals surface area (Å²) >= 11 is 0. The molecule has 54 valence electrons. The van der Waals surface area contributed by atoms with E-state index < -0.39 is 5.60 Å². The molecular weight excluding hydrogens is 156 g/mol. The van der Waals surface area contributed by atoms with Crippen LogP contribution >= 0.6 is 0 Å². The predicted molar refractivity (Wildman–Crippen MR) is 28.7 cm³/mol. The Morgan fingerprint density at radius 3 is 1.25 bits per heavy atom. The minimum absolute atomic E-state index is 0. The molecule has 3 heteroatoms. The van der Waals surface area contributed by atoms with Gasteiger partial charge in [-0.3, -0.25) is 6.79 Å². The van der Waals surface area contributed by atoms with Gasteiger partial charge in [-0.25, -0.2) is 0 Å². The van der Waals surface area contributed by atoms with Gasteiger partial charge >= 0.3 is 17.1 Å². The zero-order valence-corrected chi connectivity index (χ0v) is 6.18. The Balaban J connectivity index is -0.0000000750. The van der Waals surface area contributed by atoms with Crippen LogP contribution < -0.4 is 0 Å². The van der Waals surface area contributed by atoms with Gasteiger partial charge in [0.1, 0.15) is 0 Å². The van der Waals surface area contributed by atoms with Gasteiger partial charge in [0.25, 0.3) is 0 Å². The van der Waals surface area contributed by atoms with E-state index in [1.165, 1.54) is 0 Å². The van der Waals surface area contributed by atoms with Crippen LogP contribution in [0.25, 0.3) is 0 Å². The van der Waals surface area contributed by atoms with Crippen molar-refractivity contribution in [2.45, 2.75) is 26.4 Å². The number of hydrogen-bond donors (Lipinski definition) is 1. The van der Waals surface area contributed by atoms with Gasteiger partial charge in [-0.2, -0.15) is 0 Å². The van der Waals surface area contributed by atoms with E-state index >= 15 is 0 Å². The summed E-state index contributed by atoms with van der Waals surface area (Å²) in [6.45, 7) is 8.48. The Labute approximate surface area is 60.8 Å². The second-order valence-corrected chi connectivity index (χ2v) is 2.17. The summed E-state index contributed by atoms with van der Waals surface area (Å²) in [6, 6.07) is 0. The third-order valence-electron chi connectivity index (χ3n) is 0. The molecule has 0 radical (unpaired) electrons. The fraction of sp³-hybridized carbons (Fsp3) is 0.800. The fourth-order valence-electron chi connectivity index (χ4n) is 0. The molecule has 0 aliphatic heterocycles. The molecule has 0 atom stereocenters. The molecule has 0 fully saturated rings. The molecule has 0 amide bonds. The summed E-state index contributed by atoms with van der Waals surface area (Å²) < 4.78 is 0. The van der Waals surface area contributed by atoms with Crippen LogP contribution in [0.5, 0.6) is 0 Å². The fourth-order valence-corrected chi connectivity index (χ4v) is 0. The molecular formula is C5H11CuO2. The molecule has 0 aromatic carbocycles. The van der Waals surface area contributed by atoms with Gasteiger partial charge in [-0.05, 0) is 20.8 Å². The standard InChI is InChI=1S/C4H10O.CHO.Cu/c1-4(2,3)5;1-2;/h5H,1-3H3;1H;/q;-1;+1. The van der Waals surface area contributed by atoms with E-state index in [-0.39, 0.29) is 17.1 Å². The van der Waals surface area contributed by atoms with Gasteiger partial charge < -0.3 is 9.90 Å². The van der Waals surface area contributed by atoms with Gasteiger partial charge in [-0.15, -0.1) is 0 Å². The van der Waals surface area contributed by atoms with Crippen LogP contribution in [0, 0.1) is 0 Å². The van der Waals surface area contributed by atoms with Crippen molar-refractivity contribution in [2.24, 2.45) is 0 Å². The molecule has 8 heavy (non-hydrogen) atoms. The third kappa shape index (κ3) is 7300. The first kappa shape index (κ1) is 15.7. The van der Waals surface area contributed by atoms with Crippen molar-refractivity contribution in [1.29, 1.82) is 0 Å². The second kappa shape index (κ2) is 7.15. The van der Waals surface area contributed by atoms with Crippen molar-refractivity contribution in [3.8, 4) is 0 Å². The summed E-state index contributed by atoms with van der Waals surface area (Å²) in [7, 11) is 0. The Bertz CT molecular complexity index is 34.2. The van der Waals surface area contributed by atoms with Crippen molar-refractivity contribution in [2.75, 3.05) is 0 Å². The molecule has 2 nitrogen and oxygen atoms in total. The smallest absolute Gasteiger partial charge is 0.545 e. The molecule has 0 saturated heterocycles. The van der Waals surface area contributed by atoms with E-state index in [1.807, 2.05) is 0 Å². The van der Waals surface area contributed by atoms with Crippen molar-refractivity contribution in [3.63, 3.8) is 0 Å². The Morgan fingerprint density at radius 2 is 1.25 bits per heavy atom. The monoisotopic (exact) mass is 166 g/mol. The van der Waals surface area contributed by atoms with Gasteiger partial charge in [0.2, 0.25) is 0 Å². The summed E-state index contributed by atoms with van der Waals surface area (Å²) in [6.07, 6.45) is 0. The molecule has 0 aliphatic rings. The van der Waals surface area contributed by atoms with Crippen molar-refractivity contribution < 1.29 is 27.0 Å². The zero-order valence-electron chi connectivity index (χ0n) is 5.23. The summed E-state index contributed by atoms with van der Waals surface area (Å²) in [5, 5.41) is 8.52. The van der Waals surface area contributed by atoms with E-state index in [2.05, 4.69) is 6.79 Å². The van der Waals surface area contributed by atoms with Crippen LogP contribution in [0.4, 0.5) is 0 Å². The predicted octanol–water partition coefficient (Wildman–Crippen LogP) is 0.501. The average molecular weight is 167 g/mol. The van der Waals surface area contributed by atoms with Crippen molar-refractivity contribution >= 4 is 6.79 Å². The summed E-state index contributed by atoms with van der Waals surface area (Å²) in [4.78, 5) is 7.75. The van der Waals surface area contributed by atoms with Gasteiger partial charge in [0, 0.05) is 0 Å². The first-order chi connectivity index (χ1) is 3.00. The maximum absolute atomic E-state index is 8.52. The molecule has 0 aromatic rings. The van der Waals surface area contributed by atoms with Crippen LogP contribution in [0.15, 0.2) is 0 Å². The second-order valence-electron chi connectivity index (χ2n) is 2.17. The van der Waals surface area contributed by atoms with Gasteiger partial charge in [-0.1, -0.05) is 0 Å². The molecule has 0 aliphatic carbocycles. The minimum Gasteiger partial charge on any atom is -0.545 e. The van der Waals surface area contributed by atoms with E-state index in [0.717, 1.165) is 0 Å². The zero-order chi connectivity index (χ0) is 6.50. The normalized spacial score (nSPS) is 8.00. The largest absolute Gasteiger partial charge is 1.00 e. The van der Waals surface area contributed by atoms with Gasteiger partial charge in [0.05, 0.1) is 5.60 Å². The van der Waals surface area contributed by atoms with Crippen LogP contribution in [0.1, 0.15) is 20.8 Å². The maximum atomic E-state index is 8.52. The van der Waals surface area contributed by atoms with E-state index in [9.17, 15) is 0 Å². The molecule has 0 heterocycles. The molecule has 0 aromatic heterocycles. The Morgan fingerprint density at radius 1 is 1.25 bits per heavy atom. The molecule has 0 bridgehead atoms. The maximum Gasteiger partial charge on any atom is 1.00 e. The first-order valence-electron chi connectivity index (χ1n) is 1.96. The summed E-state index contributed by atoms with van der Waals surface area (Å²) in [5.41, 5.74) is -0.500. The van der Waals surface area contributed by atoms with E-state index in [1.54, 1.807) is 20.8 Å². The number of carbonyl (C=O) groups excluding carboxylic acids is 1. The summed E-state index contributed by atoms with van der Waals surface area (Å²) in [5.74, 6) is 0. The van der Waals surface area contributed by atoms with Crippen LogP contribution in [0.2, 0.25) is 0 Å². The molecule has 0 rings (SSSR count). The number of hydrogen-bond acceptors (Lipinski definition) is 2. The van der Waals surface area contributed by atoms with Crippen molar-refractivity contribution in [3.05, 3.63) is 0 Å². The third-order valence-corrected chi connectivity index (χ3v) is 0. The van der Waals surface area contributed by atoms with Crippen LogP contribution in [0.3, 0.4) is 0 Å². The number of rotatable bonds is 0. The molecule has 1 N–H and O–H groups in total. The average Bonchev–Trinajstić information content (AvgIpc) is 1.36. The topological polar surface area (TPSA) is 37.3 Å². The first-order valence-corrected chi connectivity index (χ1v) is 1.96. The number of aliphatic hydroxyl groups is 1. The Kier molecular flexibility index (Phi) is 14.0. The van der Waals surface area contributed by atoms with Crippen LogP contribution in [-0.4, -0.2) is 17.5 Å². The van der Waals surface area contributed by atoms with Gasteiger partial charge in [0.15, 0.2) is 0 Å². The van der Waals surface area contributed by atoms with E-state index in [4.69, 9.17) is 9.90 Å². The molecule has 0 saturated carbocycles. The SMILES string of the molecule is CC(C)(C)O.[CH-]=O.[Cu+]. The Hall–Kier alpha value is 0.149. The van der Waals surface area contributed by atoms with Crippen LogP contribution in [-0.2, 0) is 21.9 Å². The minimum atomic E-state index is -0.500. The molecule has 0 unspecified atom stereocenters. The van der Waals surface area contributed by atoms with Crippen molar-refractivity contribution in [1.82, 2.24) is 0 Å². The molecule has 0 spiro atoms. The van der Waals surface area contributed by atoms with E-state index in [0.29, 0.717) is 0 Å². The quantitative estimate of drug-likeness (QED) is 0.323.